The zero-order chi connectivity index (χ0) is 8.97. The third kappa shape index (κ3) is 3.28. The monoisotopic (exact) mass is 250 g/mol. The van der Waals surface area contributed by atoms with Gasteiger partial charge in [0, 0.05) is 0 Å². The Labute approximate surface area is 87.1 Å². The number of aromatic nitrogens is 3. The molecule has 4 nitrogen and oxygen atoms in total. The Bertz CT molecular complexity index is 253. The summed E-state index contributed by atoms with van der Waals surface area (Å²) in [5.74, 6) is 0.437. The number of halogens is 3. The molecule has 0 aliphatic carbocycles. The van der Waals surface area contributed by atoms with Gasteiger partial charge in [-0.25, -0.2) is 5.10 Å². The Morgan fingerprint density at radius 1 is 1.67 bits per heavy atom. The standard InChI is InChI=1S/C4H7Cl3N3OS/c5-1-2-11-12-3-4(6)8-10(7)9-12/h3,8-9H,1-2H2/q+1. The quantitative estimate of drug-likeness (QED) is 0.629. The van der Waals surface area contributed by atoms with Gasteiger partial charge >= 0.3 is 0 Å². The highest BCUT2D eigenvalue weighted by Gasteiger charge is 2.06. The second kappa shape index (κ2) is 5.04. The Kier molecular flexibility index (Phi) is 4.31. The molecule has 0 radical (unpaired) electrons. The number of hydrogen-bond donors (Lipinski definition) is 2. The van der Waals surface area contributed by atoms with Gasteiger partial charge < -0.3 is 0 Å². The second-order valence-corrected chi connectivity index (χ2v) is 4.13. The summed E-state index contributed by atoms with van der Waals surface area (Å²) in [5, 5.41) is 4.69. The van der Waals surface area contributed by atoms with Crippen molar-refractivity contribution < 1.29 is 4.18 Å². The van der Waals surface area contributed by atoms with E-state index in [2.05, 4.69) is 9.59 Å². The Morgan fingerprint density at radius 3 is 3.00 bits per heavy atom. The van der Waals surface area contributed by atoms with E-state index in [1.54, 1.807) is 5.38 Å². The topological polar surface area (TPSA) is 45.7 Å². The smallest absolute Gasteiger partial charge is 0.250 e. The van der Waals surface area contributed by atoms with E-state index in [0.29, 0.717) is 17.6 Å². The maximum atomic E-state index is 5.66. The molecule has 1 atom stereocenters. The molecule has 8 heteroatoms. The van der Waals surface area contributed by atoms with Crippen LogP contribution in [-0.2, 0) is 0 Å². The van der Waals surface area contributed by atoms with E-state index in [-0.39, 0.29) is 0 Å². The van der Waals surface area contributed by atoms with Crippen LogP contribution in [0.5, 0.6) is 0 Å². The SMILES string of the molecule is ClCCO[s+]1cc(Cl)[nH]n(Cl)[nH]1. The van der Waals surface area contributed by atoms with Crippen molar-refractivity contribution in [3.8, 4) is 0 Å². The van der Waals surface area contributed by atoms with E-state index in [1.807, 2.05) is 0 Å². The summed E-state index contributed by atoms with van der Waals surface area (Å²) in [6.07, 6.45) is 0. The minimum atomic E-state index is -0.602. The van der Waals surface area contributed by atoms with E-state index in [4.69, 9.17) is 39.2 Å². The van der Waals surface area contributed by atoms with Gasteiger partial charge in [0.15, 0.2) is 5.15 Å². The van der Waals surface area contributed by atoms with Crippen molar-refractivity contribution in [2.45, 2.75) is 0 Å². The van der Waals surface area contributed by atoms with Gasteiger partial charge in [-0.2, -0.15) is 0 Å². The van der Waals surface area contributed by atoms with Crippen LogP contribution in [0.15, 0.2) is 5.38 Å². The first-order chi connectivity index (χ1) is 5.72. The number of alkyl halides is 1. The summed E-state index contributed by atoms with van der Waals surface area (Å²) in [5.41, 5.74) is 0. The summed E-state index contributed by atoms with van der Waals surface area (Å²) in [7, 11) is -0.602. The average molecular weight is 252 g/mol. The Morgan fingerprint density at radius 2 is 2.42 bits per heavy atom. The molecule has 1 aromatic rings. The Balaban J connectivity index is 2.72. The summed E-state index contributed by atoms with van der Waals surface area (Å²) in [6, 6.07) is 0. The summed E-state index contributed by atoms with van der Waals surface area (Å²) in [4.78, 5) is 0. The molecule has 0 saturated carbocycles. The van der Waals surface area contributed by atoms with Crippen LogP contribution in [0.1, 0.15) is 0 Å². The van der Waals surface area contributed by atoms with Crippen LogP contribution in [0, 0.1) is 0 Å². The highest BCUT2D eigenvalue weighted by molar-refractivity contribution is 7.19. The molecular weight excluding hydrogens is 244 g/mol. The van der Waals surface area contributed by atoms with Crippen LogP contribution in [0.25, 0.3) is 0 Å². The van der Waals surface area contributed by atoms with Gasteiger partial charge in [-0.05, 0) is 0 Å². The molecule has 0 fully saturated rings. The van der Waals surface area contributed by atoms with Crippen LogP contribution in [0.2, 0.25) is 5.15 Å². The van der Waals surface area contributed by atoms with E-state index in [1.165, 1.54) is 0 Å². The fourth-order valence-corrected chi connectivity index (χ4v) is 2.24. The van der Waals surface area contributed by atoms with Crippen molar-refractivity contribution in [2.24, 2.45) is 0 Å². The predicted octanol–water partition coefficient (Wildman–Crippen LogP) is 2.34. The molecule has 0 spiro atoms. The van der Waals surface area contributed by atoms with E-state index >= 15 is 0 Å². The second-order valence-electron chi connectivity index (χ2n) is 1.76. The first kappa shape index (κ1) is 10.3. The normalized spacial score (nSPS) is 11.8. The molecule has 0 amide bonds. The molecule has 1 rings (SSSR count). The van der Waals surface area contributed by atoms with Crippen molar-refractivity contribution in [2.75, 3.05) is 12.5 Å². The Hall–Kier alpha value is 0.190. The maximum absolute atomic E-state index is 5.66. The molecule has 0 bridgehead atoms. The number of rotatable bonds is 3. The number of nitrogens with zero attached hydrogens (tertiary/aromatic N) is 1. The van der Waals surface area contributed by atoms with Gasteiger partial charge in [0.2, 0.25) is 5.38 Å². The molecule has 1 unspecified atom stereocenters. The van der Waals surface area contributed by atoms with Crippen LogP contribution < -0.4 is 4.18 Å². The molecule has 70 valence electrons. The lowest BCUT2D eigenvalue weighted by atomic mass is 10.9. The van der Waals surface area contributed by atoms with Crippen molar-refractivity contribution in [1.82, 2.24) is 13.9 Å². The number of aromatic amines is 2. The van der Waals surface area contributed by atoms with E-state index < -0.39 is 10.9 Å². The third-order valence-corrected chi connectivity index (χ3v) is 2.85. The minimum absolute atomic E-state index is 0.418. The van der Waals surface area contributed by atoms with E-state index in [0.717, 1.165) is 4.32 Å². The van der Waals surface area contributed by atoms with Gasteiger partial charge in [0.05, 0.1) is 17.7 Å². The third-order valence-electron chi connectivity index (χ3n) is 0.873. The molecule has 2 N–H and O–H groups in total. The molecule has 0 aliphatic rings. The van der Waals surface area contributed by atoms with Crippen LogP contribution in [0.3, 0.4) is 0 Å². The lowest BCUT2D eigenvalue weighted by Gasteiger charge is -1.95. The van der Waals surface area contributed by atoms with Gasteiger partial charge in [-0.3, -0.25) is 0 Å². The van der Waals surface area contributed by atoms with E-state index in [9.17, 15) is 0 Å². The zero-order valence-corrected chi connectivity index (χ0v) is 8.97. The van der Waals surface area contributed by atoms with Crippen molar-refractivity contribution in [3.05, 3.63) is 10.5 Å². The van der Waals surface area contributed by atoms with Gasteiger partial charge in [-0.1, -0.05) is 20.4 Å². The summed E-state index contributed by atoms with van der Waals surface area (Å²) in [6.45, 7) is 0.447. The number of H-pyrrole nitrogens is 2. The van der Waals surface area contributed by atoms with Crippen LogP contribution >= 0.6 is 45.9 Å². The lowest BCUT2D eigenvalue weighted by molar-refractivity contribution is 0.450. The van der Waals surface area contributed by atoms with Crippen molar-refractivity contribution in [3.63, 3.8) is 0 Å². The van der Waals surface area contributed by atoms with Crippen LogP contribution in [0.4, 0.5) is 0 Å². The minimum Gasteiger partial charge on any atom is -0.250 e. The van der Waals surface area contributed by atoms with Crippen LogP contribution in [-0.4, -0.2) is 26.4 Å². The largest absolute Gasteiger partial charge is 0.254 e. The molecule has 1 heterocycles. The molecule has 0 aliphatic heterocycles. The number of nitrogens with one attached hydrogen (secondary N) is 2. The average Bonchev–Trinajstić information content (AvgIpc) is 1.99. The predicted molar refractivity (Wildman–Crippen MR) is 51.7 cm³/mol. The maximum Gasteiger partial charge on any atom is 0.254 e. The number of hydrogen-bond acceptors (Lipinski definition) is 1. The highest BCUT2D eigenvalue weighted by Crippen LogP contribution is 2.13. The fraction of sp³-hybridized carbons (Fsp3) is 0.500. The van der Waals surface area contributed by atoms with Crippen molar-refractivity contribution >= 4 is 45.9 Å². The molecule has 12 heavy (non-hydrogen) atoms. The summed E-state index contributed by atoms with van der Waals surface area (Å²) >= 11 is 16.7. The summed E-state index contributed by atoms with van der Waals surface area (Å²) < 4.78 is 9.10. The van der Waals surface area contributed by atoms with Gasteiger partial charge in [-0.15, -0.1) is 15.8 Å². The molecule has 1 aromatic heterocycles. The highest BCUT2D eigenvalue weighted by atomic mass is 35.5. The molecular formula is C4H7Cl3N3OS+. The molecule has 0 saturated heterocycles. The van der Waals surface area contributed by atoms with Gasteiger partial charge in [0.25, 0.3) is 10.9 Å². The van der Waals surface area contributed by atoms with Crippen molar-refractivity contribution in [1.29, 1.82) is 0 Å². The lowest BCUT2D eigenvalue weighted by Crippen LogP contribution is -2.03. The zero-order valence-electron chi connectivity index (χ0n) is 5.89. The first-order valence-electron chi connectivity index (χ1n) is 3.01. The first-order valence-corrected chi connectivity index (χ1v) is 5.47. The fourth-order valence-electron chi connectivity index (χ4n) is 0.524. The van der Waals surface area contributed by atoms with Gasteiger partial charge in [0.1, 0.15) is 6.61 Å². The molecule has 0 aromatic carbocycles.